The van der Waals surface area contributed by atoms with Gasteiger partial charge in [0.25, 0.3) is 0 Å². The number of alkyl halides is 3. The summed E-state index contributed by atoms with van der Waals surface area (Å²) in [5.41, 5.74) is 0.950. The average Bonchev–Trinajstić information content (AvgIpc) is 3.25. The molecular formula is C25H29F4NO3. The third kappa shape index (κ3) is 6.25. The van der Waals surface area contributed by atoms with Crippen molar-refractivity contribution in [3.63, 3.8) is 0 Å². The van der Waals surface area contributed by atoms with E-state index < -0.39 is 23.5 Å². The van der Waals surface area contributed by atoms with Crippen LogP contribution in [0, 0.1) is 5.82 Å². The third-order valence-corrected chi connectivity index (χ3v) is 6.33. The maximum atomic E-state index is 13.7. The summed E-state index contributed by atoms with van der Waals surface area (Å²) in [6.45, 7) is 1.97. The van der Waals surface area contributed by atoms with Gasteiger partial charge in [0.05, 0.1) is 19.8 Å². The number of benzene rings is 2. The Bertz CT molecular complexity index is 977. The number of methoxy groups -OCH3 is 2. The fraction of sp³-hybridized carbons (Fsp3) is 0.480. The number of esters is 1. The molecular weight excluding hydrogens is 438 g/mol. The molecule has 8 heteroatoms. The van der Waals surface area contributed by atoms with Crippen LogP contribution >= 0.6 is 0 Å². The van der Waals surface area contributed by atoms with Gasteiger partial charge in [0, 0.05) is 18.5 Å². The zero-order chi connectivity index (χ0) is 24.2. The van der Waals surface area contributed by atoms with Gasteiger partial charge < -0.3 is 14.8 Å². The van der Waals surface area contributed by atoms with E-state index in [1.807, 2.05) is 6.92 Å². The van der Waals surface area contributed by atoms with Gasteiger partial charge in [-0.05, 0) is 73.4 Å². The number of halogens is 4. The summed E-state index contributed by atoms with van der Waals surface area (Å²) in [5, 5.41) is 3.51. The molecule has 1 aliphatic rings. The van der Waals surface area contributed by atoms with Crippen molar-refractivity contribution >= 4 is 5.97 Å². The lowest BCUT2D eigenvalue weighted by molar-refractivity contribution is -0.142. The quantitative estimate of drug-likeness (QED) is 0.385. The molecule has 1 saturated carbocycles. The van der Waals surface area contributed by atoms with Crippen LogP contribution in [0.25, 0.3) is 0 Å². The maximum absolute atomic E-state index is 13.7. The minimum Gasteiger partial charge on any atom is -0.494 e. The number of carbonyl (C=O) groups excluding carboxylic acids is 1. The molecule has 1 N–H and O–H groups in total. The highest BCUT2D eigenvalue weighted by molar-refractivity contribution is 5.69. The van der Waals surface area contributed by atoms with Crippen LogP contribution in [0.15, 0.2) is 36.4 Å². The van der Waals surface area contributed by atoms with Crippen LogP contribution in [0.3, 0.4) is 0 Å². The van der Waals surface area contributed by atoms with Crippen molar-refractivity contribution in [1.29, 1.82) is 0 Å². The van der Waals surface area contributed by atoms with Crippen molar-refractivity contribution in [2.45, 2.75) is 63.2 Å². The molecule has 1 unspecified atom stereocenters. The van der Waals surface area contributed by atoms with Crippen LogP contribution < -0.4 is 10.1 Å². The minimum atomic E-state index is -4.49. The first kappa shape index (κ1) is 25.0. The van der Waals surface area contributed by atoms with Gasteiger partial charge in [0.15, 0.2) is 11.6 Å². The van der Waals surface area contributed by atoms with Crippen LogP contribution in [0.1, 0.15) is 66.8 Å². The Morgan fingerprint density at radius 1 is 1.15 bits per heavy atom. The van der Waals surface area contributed by atoms with Crippen molar-refractivity contribution in [2.75, 3.05) is 14.2 Å². The third-order valence-electron chi connectivity index (χ3n) is 6.33. The highest BCUT2D eigenvalue weighted by Gasteiger charge is 2.35. The van der Waals surface area contributed by atoms with E-state index in [-0.39, 0.29) is 42.2 Å². The molecule has 1 fully saturated rings. The first-order valence-electron chi connectivity index (χ1n) is 11.0. The van der Waals surface area contributed by atoms with Crippen molar-refractivity contribution in [2.24, 2.45) is 0 Å². The second-order valence-electron chi connectivity index (χ2n) is 8.48. The highest BCUT2D eigenvalue weighted by atomic mass is 19.4. The lowest BCUT2D eigenvalue weighted by Gasteiger charge is -2.21. The van der Waals surface area contributed by atoms with Gasteiger partial charge in [-0.3, -0.25) is 4.79 Å². The smallest absolute Gasteiger partial charge is 0.416 e. The summed E-state index contributed by atoms with van der Waals surface area (Å²) < 4.78 is 64.3. The molecule has 0 radical (unpaired) electrons. The lowest BCUT2D eigenvalue weighted by atomic mass is 9.92. The second kappa shape index (κ2) is 10.5. The number of aryl methyl sites for hydroxylation is 1. The van der Waals surface area contributed by atoms with E-state index in [0.29, 0.717) is 12.0 Å². The van der Waals surface area contributed by atoms with Gasteiger partial charge >= 0.3 is 12.1 Å². The summed E-state index contributed by atoms with van der Waals surface area (Å²) in [5.74, 6) is -0.777. The van der Waals surface area contributed by atoms with E-state index in [4.69, 9.17) is 4.74 Å². The van der Waals surface area contributed by atoms with Gasteiger partial charge in [-0.1, -0.05) is 18.2 Å². The molecule has 2 aromatic carbocycles. The second-order valence-corrected chi connectivity index (χ2v) is 8.48. The predicted octanol–water partition coefficient (Wildman–Crippen LogP) is 5.95. The normalized spacial score (nSPS) is 19.4. The van der Waals surface area contributed by atoms with Gasteiger partial charge in [0.1, 0.15) is 0 Å². The van der Waals surface area contributed by atoms with Gasteiger partial charge in [-0.25, -0.2) is 4.39 Å². The zero-order valence-corrected chi connectivity index (χ0v) is 19.0. The number of rotatable bonds is 8. The molecule has 1 aliphatic carbocycles. The Labute approximate surface area is 191 Å². The average molecular weight is 468 g/mol. The summed E-state index contributed by atoms with van der Waals surface area (Å²) in [6, 6.07) is 9.24. The first-order chi connectivity index (χ1) is 15.6. The molecule has 0 aromatic heterocycles. The number of hydrogen-bond acceptors (Lipinski definition) is 4. The molecule has 0 bridgehead atoms. The van der Waals surface area contributed by atoms with Crippen molar-refractivity contribution < 1.29 is 31.8 Å². The van der Waals surface area contributed by atoms with Gasteiger partial charge in [0.2, 0.25) is 0 Å². The van der Waals surface area contributed by atoms with E-state index in [9.17, 15) is 22.4 Å². The van der Waals surface area contributed by atoms with Crippen LogP contribution in [0.4, 0.5) is 17.6 Å². The Morgan fingerprint density at radius 3 is 2.58 bits per heavy atom. The molecule has 3 atom stereocenters. The highest BCUT2D eigenvalue weighted by Crippen LogP contribution is 2.40. The number of carbonyl (C=O) groups is 1. The van der Waals surface area contributed by atoms with Crippen molar-refractivity contribution in [1.82, 2.24) is 5.32 Å². The SMILES string of the molecule is COC(=O)CCc1ccc([C@H]2CCC(N[C@H](C)c3ccc(F)c(OC)c3)C2)cc1C(F)(F)F. The van der Waals surface area contributed by atoms with E-state index in [1.54, 1.807) is 18.2 Å². The lowest BCUT2D eigenvalue weighted by Crippen LogP contribution is -2.29. The van der Waals surface area contributed by atoms with Gasteiger partial charge in [-0.15, -0.1) is 0 Å². The monoisotopic (exact) mass is 467 g/mol. The molecule has 0 spiro atoms. The van der Waals surface area contributed by atoms with Crippen molar-refractivity contribution in [3.8, 4) is 5.75 Å². The van der Waals surface area contributed by atoms with E-state index in [0.717, 1.165) is 18.4 Å². The van der Waals surface area contributed by atoms with E-state index in [2.05, 4.69) is 10.1 Å². The van der Waals surface area contributed by atoms with E-state index >= 15 is 0 Å². The Kier molecular flexibility index (Phi) is 8.00. The Hall–Kier alpha value is -2.61. The predicted molar refractivity (Wildman–Crippen MR) is 117 cm³/mol. The van der Waals surface area contributed by atoms with Crippen LogP contribution in [0.2, 0.25) is 0 Å². The molecule has 4 nitrogen and oxygen atoms in total. The molecule has 3 rings (SSSR count). The summed E-state index contributed by atoms with van der Waals surface area (Å²) in [4.78, 5) is 11.4. The molecule has 180 valence electrons. The molecule has 0 amide bonds. The Morgan fingerprint density at radius 2 is 1.91 bits per heavy atom. The molecule has 2 aromatic rings. The van der Waals surface area contributed by atoms with Gasteiger partial charge in [-0.2, -0.15) is 13.2 Å². The molecule has 0 heterocycles. The number of nitrogens with one attached hydrogen (secondary N) is 1. The first-order valence-corrected chi connectivity index (χ1v) is 11.0. The van der Waals surface area contributed by atoms with Crippen LogP contribution in [-0.2, 0) is 22.1 Å². The topological polar surface area (TPSA) is 47.6 Å². The molecule has 0 aliphatic heterocycles. The number of hydrogen-bond donors (Lipinski definition) is 1. The fourth-order valence-corrected chi connectivity index (χ4v) is 4.50. The van der Waals surface area contributed by atoms with E-state index in [1.165, 1.54) is 32.4 Å². The summed E-state index contributed by atoms with van der Waals surface area (Å²) in [6.07, 6.45) is -2.29. The largest absolute Gasteiger partial charge is 0.494 e. The maximum Gasteiger partial charge on any atom is 0.416 e. The number of ether oxygens (including phenoxy) is 2. The van der Waals surface area contributed by atoms with Crippen LogP contribution in [-0.4, -0.2) is 26.2 Å². The Balaban J connectivity index is 1.69. The molecule has 33 heavy (non-hydrogen) atoms. The van der Waals surface area contributed by atoms with Crippen molar-refractivity contribution in [3.05, 3.63) is 64.5 Å². The fourth-order valence-electron chi connectivity index (χ4n) is 4.50. The summed E-state index contributed by atoms with van der Waals surface area (Å²) in [7, 11) is 2.63. The minimum absolute atomic E-state index is 0.00760. The summed E-state index contributed by atoms with van der Waals surface area (Å²) >= 11 is 0. The molecule has 0 saturated heterocycles. The zero-order valence-electron chi connectivity index (χ0n) is 19.0. The van der Waals surface area contributed by atoms with Crippen LogP contribution in [0.5, 0.6) is 5.75 Å². The standard InChI is InChI=1S/C25H29F4NO3/c1-15(17-7-10-22(26)23(14-17)32-2)30-20-9-6-18(12-20)19-5-4-16(8-11-24(31)33-3)21(13-19)25(27,28)29/h4-5,7,10,13-15,18,20,30H,6,8-9,11-12H2,1-3H3/t15-,18+,20?/m1/s1.